The van der Waals surface area contributed by atoms with Crippen molar-refractivity contribution in [1.29, 1.82) is 0 Å². The molecule has 3 N–H and O–H groups in total. The molecule has 0 heterocycles. The fourth-order valence-corrected chi connectivity index (χ4v) is 1.89. The van der Waals surface area contributed by atoms with E-state index in [4.69, 9.17) is 17.3 Å². The van der Waals surface area contributed by atoms with Gasteiger partial charge in [-0.05, 0) is 31.0 Å². The monoisotopic (exact) mass is 238 g/mol. The molecule has 16 heavy (non-hydrogen) atoms. The van der Waals surface area contributed by atoms with Crippen molar-refractivity contribution in [1.82, 2.24) is 5.32 Å². The summed E-state index contributed by atoms with van der Waals surface area (Å²) in [5, 5.41) is 3.62. The zero-order chi connectivity index (χ0) is 11.7. The van der Waals surface area contributed by atoms with E-state index in [1.807, 2.05) is 31.2 Å². The van der Waals surface area contributed by atoms with Crippen molar-refractivity contribution in [2.75, 3.05) is 0 Å². The highest BCUT2D eigenvalue weighted by molar-refractivity contribution is 6.30. The van der Waals surface area contributed by atoms with Crippen LogP contribution < -0.4 is 11.1 Å². The number of halogens is 1. The fourth-order valence-electron chi connectivity index (χ4n) is 1.70. The van der Waals surface area contributed by atoms with E-state index in [0.29, 0.717) is 5.02 Å². The Morgan fingerprint density at radius 1 is 1.62 bits per heavy atom. The first kappa shape index (κ1) is 11.4. The molecule has 0 saturated heterocycles. The van der Waals surface area contributed by atoms with E-state index in [2.05, 4.69) is 5.32 Å². The zero-order valence-corrected chi connectivity index (χ0v) is 9.87. The molecule has 0 aromatic heterocycles. The first-order chi connectivity index (χ1) is 7.58. The predicted molar refractivity (Wildman–Crippen MR) is 64.1 cm³/mol. The Labute approximate surface area is 100.0 Å². The van der Waals surface area contributed by atoms with E-state index < -0.39 is 0 Å². The van der Waals surface area contributed by atoms with Crippen LogP contribution in [0.25, 0.3) is 0 Å². The maximum atomic E-state index is 11.7. The molecule has 0 bridgehead atoms. The van der Waals surface area contributed by atoms with E-state index in [0.717, 1.165) is 12.0 Å². The van der Waals surface area contributed by atoms with Gasteiger partial charge in [0.2, 0.25) is 5.91 Å². The van der Waals surface area contributed by atoms with Crippen LogP contribution in [0.4, 0.5) is 0 Å². The van der Waals surface area contributed by atoms with Gasteiger partial charge in [-0.2, -0.15) is 0 Å². The molecule has 1 fully saturated rings. The lowest BCUT2D eigenvalue weighted by atomic mass is 10.1. The van der Waals surface area contributed by atoms with Gasteiger partial charge in [0, 0.05) is 11.1 Å². The number of carbonyl (C=O) groups is 1. The third-order valence-corrected chi connectivity index (χ3v) is 3.12. The first-order valence-corrected chi connectivity index (χ1v) is 5.77. The molecule has 0 radical (unpaired) electrons. The van der Waals surface area contributed by atoms with Gasteiger partial charge in [0.15, 0.2) is 0 Å². The normalized spacial score (nSPS) is 24.9. The average Bonchev–Trinajstić information content (AvgIpc) is 2.95. The van der Waals surface area contributed by atoms with Crippen molar-refractivity contribution in [3.63, 3.8) is 0 Å². The van der Waals surface area contributed by atoms with Crippen LogP contribution in [-0.4, -0.2) is 11.9 Å². The number of carbonyl (C=O) groups excluding carboxylic acids is 1. The standard InChI is InChI=1S/C12H15ClN2O/c1-7(8-3-2-4-9(13)5-8)15-12(16)10-6-11(10)14/h2-5,7,10-11H,6,14H2,1H3,(H,15,16). The number of amides is 1. The molecular formula is C12H15ClN2O. The molecule has 1 aliphatic carbocycles. The van der Waals surface area contributed by atoms with Gasteiger partial charge in [0.05, 0.1) is 12.0 Å². The molecule has 1 aliphatic rings. The summed E-state index contributed by atoms with van der Waals surface area (Å²) in [7, 11) is 0. The second-order valence-electron chi connectivity index (χ2n) is 4.29. The van der Waals surface area contributed by atoms with Crippen LogP contribution in [0.5, 0.6) is 0 Å². The molecule has 86 valence electrons. The van der Waals surface area contributed by atoms with Gasteiger partial charge in [-0.3, -0.25) is 4.79 Å². The average molecular weight is 239 g/mol. The summed E-state index contributed by atoms with van der Waals surface area (Å²) in [6.07, 6.45) is 0.800. The maximum Gasteiger partial charge on any atom is 0.225 e. The number of benzene rings is 1. The lowest BCUT2D eigenvalue weighted by Gasteiger charge is -2.14. The number of hydrogen-bond acceptors (Lipinski definition) is 2. The minimum Gasteiger partial charge on any atom is -0.349 e. The van der Waals surface area contributed by atoms with E-state index in [1.165, 1.54) is 0 Å². The number of rotatable bonds is 3. The third kappa shape index (κ3) is 2.54. The molecule has 0 aliphatic heterocycles. The lowest BCUT2D eigenvalue weighted by molar-refractivity contribution is -0.123. The van der Waals surface area contributed by atoms with Crippen molar-refractivity contribution in [2.24, 2.45) is 11.7 Å². The maximum absolute atomic E-state index is 11.7. The Kier molecular flexibility index (Phi) is 3.17. The quantitative estimate of drug-likeness (QED) is 0.845. The molecule has 3 unspecified atom stereocenters. The molecule has 0 spiro atoms. The highest BCUT2D eigenvalue weighted by Gasteiger charge is 2.40. The zero-order valence-electron chi connectivity index (χ0n) is 9.11. The summed E-state index contributed by atoms with van der Waals surface area (Å²) in [6.45, 7) is 1.94. The molecule has 2 rings (SSSR count). The van der Waals surface area contributed by atoms with E-state index in [-0.39, 0.29) is 23.9 Å². The summed E-state index contributed by atoms with van der Waals surface area (Å²) in [4.78, 5) is 11.7. The van der Waals surface area contributed by atoms with Crippen molar-refractivity contribution in [2.45, 2.75) is 25.4 Å². The summed E-state index contributed by atoms with van der Waals surface area (Å²) in [5.74, 6) is 0.0432. The Morgan fingerprint density at radius 2 is 2.31 bits per heavy atom. The SMILES string of the molecule is CC(NC(=O)C1CC1N)c1cccc(Cl)c1. The molecular weight excluding hydrogens is 224 g/mol. The van der Waals surface area contributed by atoms with Gasteiger partial charge in [0.25, 0.3) is 0 Å². The largest absolute Gasteiger partial charge is 0.349 e. The van der Waals surface area contributed by atoms with Crippen molar-refractivity contribution in [3.05, 3.63) is 34.9 Å². The van der Waals surface area contributed by atoms with E-state index in [9.17, 15) is 4.79 Å². The van der Waals surface area contributed by atoms with Crippen LogP contribution in [0, 0.1) is 5.92 Å². The minimum atomic E-state index is -0.0287. The Morgan fingerprint density at radius 3 is 2.88 bits per heavy atom. The second-order valence-corrected chi connectivity index (χ2v) is 4.73. The molecule has 1 aromatic carbocycles. The summed E-state index contributed by atoms with van der Waals surface area (Å²) in [5.41, 5.74) is 6.63. The number of nitrogens with two attached hydrogens (primary N) is 1. The van der Waals surface area contributed by atoms with Crippen LogP contribution in [-0.2, 0) is 4.79 Å². The molecule has 3 atom stereocenters. The molecule has 3 nitrogen and oxygen atoms in total. The van der Waals surface area contributed by atoms with E-state index >= 15 is 0 Å². The van der Waals surface area contributed by atoms with Crippen LogP contribution in [0.1, 0.15) is 24.9 Å². The topological polar surface area (TPSA) is 55.1 Å². The number of nitrogens with one attached hydrogen (secondary N) is 1. The van der Waals surface area contributed by atoms with Crippen molar-refractivity contribution in [3.8, 4) is 0 Å². The molecule has 4 heteroatoms. The van der Waals surface area contributed by atoms with Crippen LogP contribution in [0.2, 0.25) is 5.02 Å². The Hall–Kier alpha value is -1.06. The molecule has 1 amide bonds. The minimum absolute atomic E-state index is 0.00151. The fraction of sp³-hybridized carbons (Fsp3) is 0.417. The Bertz CT molecular complexity index is 408. The van der Waals surface area contributed by atoms with Crippen molar-refractivity contribution >= 4 is 17.5 Å². The highest BCUT2D eigenvalue weighted by atomic mass is 35.5. The van der Waals surface area contributed by atoms with Gasteiger partial charge in [0.1, 0.15) is 0 Å². The van der Waals surface area contributed by atoms with Crippen molar-refractivity contribution < 1.29 is 4.79 Å². The summed E-state index contributed by atoms with van der Waals surface area (Å²) in [6, 6.07) is 7.52. The third-order valence-electron chi connectivity index (χ3n) is 2.88. The van der Waals surface area contributed by atoms with Crippen LogP contribution in [0.3, 0.4) is 0 Å². The molecule has 1 aromatic rings. The van der Waals surface area contributed by atoms with Gasteiger partial charge in [-0.25, -0.2) is 0 Å². The van der Waals surface area contributed by atoms with E-state index in [1.54, 1.807) is 0 Å². The Balaban J connectivity index is 1.97. The summed E-state index contributed by atoms with van der Waals surface area (Å²) < 4.78 is 0. The van der Waals surface area contributed by atoms with Crippen LogP contribution in [0.15, 0.2) is 24.3 Å². The van der Waals surface area contributed by atoms with Gasteiger partial charge < -0.3 is 11.1 Å². The van der Waals surface area contributed by atoms with Gasteiger partial charge in [-0.15, -0.1) is 0 Å². The van der Waals surface area contributed by atoms with Gasteiger partial charge in [-0.1, -0.05) is 23.7 Å². The second kappa shape index (κ2) is 4.44. The van der Waals surface area contributed by atoms with Gasteiger partial charge >= 0.3 is 0 Å². The lowest BCUT2D eigenvalue weighted by Crippen LogP contribution is -2.29. The first-order valence-electron chi connectivity index (χ1n) is 5.39. The number of hydrogen-bond donors (Lipinski definition) is 2. The predicted octanol–water partition coefficient (Wildman–Crippen LogP) is 1.86. The highest BCUT2D eigenvalue weighted by Crippen LogP contribution is 2.28. The molecule has 1 saturated carbocycles. The summed E-state index contributed by atoms with van der Waals surface area (Å²) >= 11 is 5.89. The smallest absolute Gasteiger partial charge is 0.225 e. The van der Waals surface area contributed by atoms with Crippen LogP contribution >= 0.6 is 11.6 Å².